The molecule has 4 heterocycles. The number of carbonyl (C=O) groups is 3. The average molecular weight is 368 g/mol. The standard InChI is InChI=1S/C20H24N4O3/c21-11-20-6-12(7-20)8-23(20)9-13-2-1-3-14-10-24(19(27)17(13)14)15-4-5-16(25)22-18(15)26/h1-3,12,15H,4-11,21H2,(H,22,25,26). The van der Waals surface area contributed by atoms with Gasteiger partial charge in [-0.25, -0.2) is 0 Å². The molecule has 27 heavy (non-hydrogen) atoms. The Balaban J connectivity index is 1.40. The second-order valence-electron chi connectivity index (χ2n) is 8.43. The first kappa shape index (κ1) is 16.9. The molecule has 3 amide bonds. The lowest BCUT2D eigenvalue weighted by atomic mass is 9.73. The number of imide groups is 1. The monoisotopic (exact) mass is 368 g/mol. The number of hydrogen-bond donors (Lipinski definition) is 2. The van der Waals surface area contributed by atoms with Crippen LogP contribution in [0.4, 0.5) is 0 Å². The van der Waals surface area contributed by atoms with Crippen molar-refractivity contribution >= 4 is 17.7 Å². The highest BCUT2D eigenvalue weighted by molar-refractivity contribution is 6.06. The molecule has 1 aromatic rings. The molecule has 142 valence electrons. The molecule has 7 nitrogen and oxygen atoms in total. The summed E-state index contributed by atoms with van der Waals surface area (Å²) in [5.41, 5.74) is 8.88. The van der Waals surface area contributed by atoms with Crippen molar-refractivity contribution in [2.24, 2.45) is 11.7 Å². The number of fused-ring (bicyclic) bond motifs is 2. The molecule has 1 saturated carbocycles. The van der Waals surface area contributed by atoms with Crippen LogP contribution in [0.5, 0.6) is 0 Å². The molecule has 0 aromatic heterocycles. The molecule has 0 spiro atoms. The third-order valence-corrected chi connectivity index (χ3v) is 6.87. The van der Waals surface area contributed by atoms with Crippen molar-refractivity contribution in [3.05, 3.63) is 34.9 Å². The molecule has 1 aromatic carbocycles. The maximum absolute atomic E-state index is 13.2. The lowest BCUT2D eigenvalue weighted by Gasteiger charge is -2.41. The fourth-order valence-electron chi connectivity index (χ4n) is 5.46. The first-order chi connectivity index (χ1) is 13.0. The summed E-state index contributed by atoms with van der Waals surface area (Å²) in [7, 11) is 0. The third kappa shape index (κ3) is 2.45. The molecule has 5 aliphatic rings. The Kier molecular flexibility index (Phi) is 3.67. The van der Waals surface area contributed by atoms with Crippen LogP contribution in [0, 0.1) is 5.92 Å². The first-order valence-corrected chi connectivity index (χ1v) is 9.71. The van der Waals surface area contributed by atoms with Crippen molar-refractivity contribution in [3.63, 3.8) is 0 Å². The molecule has 2 bridgehead atoms. The quantitative estimate of drug-likeness (QED) is 0.749. The summed E-state index contributed by atoms with van der Waals surface area (Å²) >= 11 is 0. The minimum absolute atomic E-state index is 0.0940. The summed E-state index contributed by atoms with van der Waals surface area (Å²) in [5.74, 6) is 0.0158. The SMILES string of the molecule is NCC12CC(CN1Cc1cccc3c1C(=O)N(C1CCC(=O)NC1=O)C3)C2. The van der Waals surface area contributed by atoms with Crippen LogP contribution >= 0.6 is 0 Å². The smallest absolute Gasteiger partial charge is 0.255 e. The van der Waals surface area contributed by atoms with Crippen LogP contribution in [-0.2, 0) is 22.7 Å². The highest BCUT2D eigenvalue weighted by Crippen LogP contribution is 2.50. The number of rotatable bonds is 4. The molecule has 1 atom stereocenters. The van der Waals surface area contributed by atoms with Crippen molar-refractivity contribution in [2.45, 2.75) is 50.4 Å². The maximum atomic E-state index is 13.2. The van der Waals surface area contributed by atoms with Gasteiger partial charge in [0.05, 0.1) is 0 Å². The van der Waals surface area contributed by atoms with E-state index >= 15 is 0 Å². The topological polar surface area (TPSA) is 95.7 Å². The van der Waals surface area contributed by atoms with E-state index in [1.54, 1.807) is 4.90 Å². The Bertz CT molecular complexity index is 846. The minimum atomic E-state index is -0.564. The van der Waals surface area contributed by atoms with Gasteiger partial charge in [0.15, 0.2) is 0 Å². The average Bonchev–Trinajstić information content (AvgIpc) is 3.24. The predicted octanol–water partition coefficient (Wildman–Crippen LogP) is 0.371. The highest BCUT2D eigenvalue weighted by atomic mass is 16.2. The molecule has 4 aliphatic heterocycles. The number of piperidine rings is 1. The van der Waals surface area contributed by atoms with Gasteiger partial charge in [0.1, 0.15) is 6.04 Å². The van der Waals surface area contributed by atoms with Crippen LogP contribution in [0.1, 0.15) is 47.2 Å². The fourth-order valence-corrected chi connectivity index (χ4v) is 5.46. The lowest BCUT2D eigenvalue weighted by Crippen LogP contribution is -2.52. The number of benzene rings is 1. The van der Waals surface area contributed by atoms with Gasteiger partial charge in [-0.15, -0.1) is 0 Å². The van der Waals surface area contributed by atoms with E-state index < -0.39 is 6.04 Å². The summed E-state index contributed by atoms with van der Waals surface area (Å²) in [6, 6.07) is 5.41. The second-order valence-corrected chi connectivity index (χ2v) is 8.43. The predicted molar refractivity (Wildman–Crippen MR) is 97.4 cm³/mol. The molecule has 1 unspecified atom stereocenters. The largest absolute Gasteiger partial charge is 0.329 e. The zero-order chi connectivity index (χ0) is 18.8. The van der Waals surface area contributed by atoms with Crippen LogP contribution in [0.15, 0.2) is 18.2 Å². The van der Waals surface area contributed by atoms with Crippen LogP contribution in [0.3, 0.4) is 0 Å². The maximum Gasteiger partial charge on any atom is 0.255 e. The van der Waals surface area contributed by atoms with Gasteiger partial charge in [0.25, 0.3) is 5.91 Å². The van der Waals surface area contributed by atoms with E-state index in [4.69, 9.17) is 5.73 Å². The minimum Gasteiger partial charge on any atom is -0.329 e. The van der Waals surface area contributed by atoms with E-state index in [9.17, 15) is 14.4 Å². The number of amides is 3. The molecule has 3 N–H and O–H groups in total. The van der Waals surface area contributed by atoms with E-state index in [1.807, 2.05) is 18.2 Å². The van der Waals surface area contributed by atoms with Gasteiger partial charge in [-0.2, -0.15) is 0 Å². The molecular weight excluding hydrogens is 344 g/mol. The number of nitrogens with zero attached hydrogens (tertiary/aromatic N) is 2. The Morgan fingerprint density at radius 1 is 1.22 bits per heavy atom. The fraction of sp³-hybridized carbons (Fsp3) is 0.550. The van der Waals surface area contributed by atoms with Crippen LogP contribution in [0.2, 0.25) is 0 Å². The Hall–Kier alpha value is -2.25. The van der Waals surface area contributed by atoms with Crippen molar-refractivity contribution in [1.29, 1.82) is 0 Å². The summed E-state index contributed by atoms with van der Waals surface area (Å²) in [4.78, 5) is 40.9. The van der Waals surface area contributed by atoms with E-state index in [1.165, 1.54) is 0 Å². The van der Waals surface area contributed by atoms with E-state index in [-0.39, 0.29) is 29.7 Å². The Morgan fingerprint density at radius 3 is 2.78 bits per heavy atom. The molecule has 1 aliphatic carbocycles. The van der Waals surface area contributed by atoms with Crippen LogP contribution in [0.25, 0.3) is 0 Å². The molecule has 3 saturated heterocycles. The summed E-state index contributed by atoms with van der Waals surface area (Å²) in [5, 5.41) is 2.36. The summed E-state index contributed by atoms with van der Waals surface area (Å²) < 4.78 is 0. The summed E-state index contributed by atoms with van der Waals surface area (Å²) in [6.07, 6.45) is 2.99. The number of nitrogens with one attached hydrogen (secondary N) is 1. The van der Waals surface area contributed by atoms with Crippen molar-refractivity contribution in [2.75, 3.05) is 13.1 Å². The second kappa shape index (κ2) is 5.87. The first-order valence-electron chi connectivity index (χ1n) is 9.71. The van der Waals surface area contributed by atoms with Gasteiger partial charge in [0.2, 0.25) is 11.8 Å². The molecule has 4 fully saturated rings. The van der Waals surface area contributed by atoms with Gasteiger partial charge in [0, 0.05) is 43.7 Å². The Labute approximate surface area is 157 Å². The normalized spacial score (nSPS) is 32.5. The highest BCUT2D eigenvalue weighted by Gasteiger charge is 2.55. The van der Waals surface area contributed by atoms with Gasteiger partial charge in [-0.1, -0.05) is 18.2 Å². The van der Waals surface area contributed by atoms with Gasteiger partial charge < -0.3 is 10.6 Å². The number of carbonyl (C=O) groups excluding carboxylic acids is 3. The zero-order valence-electron chi connectivity index (χ0n) is 15.2. The van der Waals surface area contributed by atoms with Crippen LogP contribution in [-0.4, -0.2) is 52.2 Å². The number of nitrogens with two attached hydrogens (primary N) is 1. The zero-order valence-corrected chi connectivity index (χ0v) is 15.2. The van der Waals surface area contributed by atoms with Gasteiger partial charge in [-0.05, 0) is 36.3 Å². The third-order valence-electron chi connectivity index (χ3n) is 6.87. The number of hydrogen-bond acceptors (Lipinski definition) is 5. The van der Waals surface area contributed by atoms with Crippen molar-refractivity contribution in [1.82, 2.24) is 15.1 Å². The van der Waals surface area contributed by atoms with Crippen molar-refractivity contribution < 1.29 is 14.4 Å². The van der Waals surface area contributed by atoms with E-state index in [0.29, 0.717) is 19.5 Å². The van der Waals surface area contributed by atoms with Crippen molar-refractivity contribution in [3.8, 4) is 0 Å². The van der Waals surface area contributed by atoms with E-state index in [2.05, 4.69) is 10.2 Å². The molecule has 7 heteroatoms. The Morgan fingerprint density at radius 2 is 2.04 bits per heavy atom. The van der Waals surface area contributed by atoms with E-state index in [0.717, 1.165) is 48.5 Å². The molecular formula is C20H24N4O3. The lowest BCUT2D eigenvalue weighted by molar-refractivity contribution is -0.136. The van der Waals surface area contributed by atoms with Gasteiger partial charge in [-0.3, -0.25) is 24.6 Å². The molecule has 0 radical (unpaired) electrons. The summed E-state index contributed by atoms with van der Waals surface area (Å²) in [6.45, 7) is 2.87. The van der Waals surface area contributed by atoms with Gasteiger partial charge >= 0.3 is 0 Å². The molecule has 6 rings (SSSR count). The van der Waals surface area contributed by atoms with Crippen LogP contribution < -0.4 is 11.1 Å².